The van der Waals surface area contributed by atoms with Gasteiger partial charge in [0.2, 0.25) is 0 Å². The van der Waals surface area contributed by atoms with E-state index in [1.165, 1.54) is 11.8 Å². The van der Waals surface area contributed by atoms with Crippen LogP contribution in [-0.4, -0.2) is 16.0 Å². The Morgan fingerprint density at radius 1 is 1.29 bits per heavy atom. The Labute approximate surface area is 133 Å². The van der Waals surface area contributed by atoms with E-state index in [4.69, 9.17) is 15.4 Å². The summed E-state index contributed by atoms with van der Waals surface area (Å²) in [6.07, 6.45) is 0. The van der Waals surface area contributed by atoms with Crippen molar-refractivity contribution in [3.63, 3.8) is 0 Å². The average molecular weight is 364 g/mol. The smallest absolute Gasteiger partial charge is 0.261 e. The number of oxime groups is 1. The molecule has 2 aromatic carbocycles. The van der Waals surface area contributed by atoms with Crippen LogP contribution in [0.4, 0.5) is 0 Å². The minimum Gasteiger partial charge on any atom is -0.431 e. The van der Waals surface area contributed by atoms with Crippen LogP contribution in [0.15, 0.2) is 66.6 Å². The normalized spacial score (nSPS) is 12.0. The summed E-state index contributed by atoms with van der Waals surface area (Å²) in [7, 11) is 0. The number of hydrogen-bond donors (Lipinski definition) is 2. The molecule has 0 unspecified atom stereocenters. The van der Waals surface area contributed by atoms with Gasteiger partial charge in [0.1, 0.15) is 5.52 Å². The van der Waals surface area contributed by atoms with Gasteiger partial charge in [-0.25, -0.2) is 4.98 Å². The number of fused-ring (bicyclic) bond motifs is 1. The number of rotatable bonds is 3. The molecular formula is C14H10BrN3O2S. The fourth-order valence-corrected chi connectivity index (χ4v) is 3.34. The topological polar surface area (TPSA) is 84.6 Å². The summed E-state index contributed by atoms with van der Waals surface area (Å²) in [5, 5.41) is 12.3. The van der Waals surface area contributed by atoms with E-state index in [-0.39, 0.29) is 5.84 Å². The molecule has 0 aliphatic heterocycles. The van der Waals surface area contributed by atoms with Gasteiger partial charge in [0.15, 0.2) is 11.4 Å². The van der Waals surface area contributed by atoms with Crippen molar-refractivity contribution in [2.45, 2.75) is 10.1 Å². The molecule has 1 aromatic heterocycles. The van der Waals surface area contributed by atoms with Gasteiger partial charge in [-0.15, -0.1) is 0 Å². The number of aromatic nitrogens is 1. The van der Waals surface area contributed by atoms with E-state index >= 15 is 0 Å². The predicted octanol–water partition coefficient (Wildman–Crippen LogP) is 3.84. The first-order valence-corrected chi connectivity index (χ1v) is 7.59. The van der Waals surface area contributed by atoms with Gasteiger partial charge in [0.25, 0.3) is 5.22 Å². The van der Waals surface area contributed by atoms with Gasteiger partial charge < -0.3 is 15.4 Å². The van der Waals surface area contributed by atoms with Crippen LogP contribution in [0, 0.1) is 0 Å². The van der Waals surface area contributed by atoms with Crippen molar-refractivity contribution in [3.8, 4) is 0 Å². The highest BCUT2D eigenvalue weighted by molar-refractivity contribution is 9.10. The van der Waals surface area contributed by atoms with Gasteiger partial charge in [-0.3, -0.25) is 0 Å². The molecule has 0 bridgehead atoms. The van der Waals surface area contributed by atoms with Crippen molar-refractivity contribution in [1.29, 1.82) is 0 Å². The van der Waals surface area contributed by atoms with Crippen LogP contribution in [0.2, 0.25) is 0 Å². The van der Waals surface area contributed by atoms with E-state index in [1.54, 1.807) is 6.07 Å². The zero-order valence-corrected chi connectivity index (χ0v) is 13.1. The summed E-state index contributed by atoms with van der Waals surface area (Å²) in [5.41, 5.74) is 7.79. The average Bonchev–Trinajstić information content (AvgIpc) is 2.88. The first-order valence-electron chi connectivity index (χ1n) is 5.98. The molecule has 1 heterocycles. The summed E-state index contributed by atoms with van der Waals surface area (Å²) in [6, 6.07) is 13.1. The van der Waals surface area contributed by atoms with Crippen molar-refractivity contribution in [3.05, 3.63) is 52.5 Å². The highest BCUT2D eigenvalue weighted by atomic mass is 79.9. The fourth-order valence-electron chi connectivity index (χ4n) is 1.82. The number of nitrogens with two attached hydrogens (primary N) is 1. The van der Waals surface area contributed by atoms with Crippen LogP contribution in [0.1, 0.15) is 5.56 Å². The maximum Gasteiger partial charge on any atom is 0.261 e. The van der Waals surface area contributed by atoms with E-state index in [9.17, 15) is 0 Å². The monoisotopic (exact) mass is 363 g/mol. The summed E-state index contributed by atoms with van der Waals surface area (Å²) < 4.78 is 6.39. The molecule has 21 heavy (non-hydrogen) atoms. The van der Waals surface area contributed by atoms with Crippen LogP contribution in [0.3, 0.4) is 0 Å². The first kappa shape index (κ1) is 14.0. The Morgan fingerprint density at radius 2 is 2.10 bits per heavy atom. The van der Waals surface area contributed by atoms with Crippen molar-refractivity contribution >= 4 is 44.6 Å². The molecule has 0 saturated carbocycles. The van der Waals surface area contributed by atoms with E-state index < -0.39 is 0 Å². The number of nitrogens with zero attached hydrogens (tertiary/aromatic N) is 2. The van der Waals surface area contributed by atoms with E-state index in [2.05, 4.69) is 26.1 Å². The molecule has 106 valence electrons. The highest BCUT2D eigenvalue weighted by Crippen LogP contribution is 2.32. The quantitative estimate of drug-likeness (QED) is 0.319. The van der Waals surface area contributed by atoms with Gasteiger partial charge in [-0.05, 0) is 58.0 Å². The van der Waals surface area contributed by atoms with Crippen LogP contribution in [0.25, 0.3) is 11.1 Å². The SMILES string of the molecule is N/C(=N/O)c1ccc(Sc2nc3ccccc3o2)cc1Br. The molecular weight excluding hydrogens is 354 g/mol. The Balaban J connectivity index is 1.89. The maximum absolute atomic E-state index is 8.71. The molecule has 0 aliphatic rings. The number of benzene rings is 2. The van der Waals surface area contributed by atoms with Crippen LogP contribution in [0.5, 0.6) is 0 Å². The molecule has 0 radical (unpaired) electrons. The van der Waals surface area contributed by atoms with Crippen LogP contribution in [-0.2, 0) is 0 Å². The fraction of sp³-hybridized carbons (Fsp3) is 0. The van der Waals surface area contributed by atoms with Gasteiger partial charge in [0.05, 0.1) is 0 Å². The van der Waals surface area contributed by atoms with Gasteiger partial charge >= 0.3 is 0 Å². The lowest BCUT2D eigenvalue weighted by atomic mass is 10.2. The third-order valence-corrected chi connectivity index (χ3v) is 4.30. The zero-order valence-electron chi connectivity index (χ0n) is 10.7. The predicted molar refractivity (Wildman–Crippen MR) is 84.8 cm³/mol. The molecule has 0 atom stereocenters. The third-order valence-electron chi connectivity index (χ3n) is 2.80. The second kappa shape index (κ2) is 5.79. The molecule has 7 heteroatoms. The Kier molecular flexibility index (Phi) is 3.85. The van der Waals surface area contributed by atoms with E-state index in [1.807, 2.05) is 36.4 Å². The Bertz CT molecular complexity index is 799. The first-order chi connectivity index (χ1) is 10.2. The van der Waals surface area contributed by atoms with Crippen LogP contribution < -0.4 is 5.73 Å². The van der Waals surface area contributed by atoms with Gasteiger partial charge in [-0.1, -0.05) is 17.3 Å². The molecule has 0 fully saturated rings. The summed E-state index contributed by atoms with van der Waals surface area (Å²) in [4.78, 5) is 5.34. The van der Waals surface area contributed by atoms with Crippen molar-refractivity contribution in [2.24, 2.45) is 10.9 Å². The lowest BCUT2D eigenvalue weighted by molar-refractivity contribution is 0.318. The zero-order chi connectivity index (χ0) is 14.8. The number of amidine groups is 1. The standard InChI is InChI=1S/C14H10BrN3O2S/c15-10-7-8(5-6-9(10)13(16)18-19)21-14-17-11-3-1-2-4-12(11)20-14/h1-7,19H,(H2,16,18). The lowest BCUT2D eigenvalue weighted by Gasteiger charge is -2.04. The molecule has 0 saturated heterocycles. The largest absolute Gasteiger partial charge is 0.431 e. The highest BCUT2D eigenvalue weighted by Gasteiger charge is 2.10. The second-order valence-electron chi connectivity index (χ2n) is 4.18. The number of para-hydroxylation sites is 2. The van der Waals surface area contributed by atoms with Gasteiger partial charge in [-0.2, -0.15) is 0 Å². The third kappa shape index (κ3) is 2.88. The van der Waals surface area contributed by atoms with Crippen molar-refractivity contribution in [1.82, 2.24) is 4.98 Å². The van der Waals surface area contributed by atoms with E-state index in [0.29, 0.717) is 10.8 Å². The maximum atomic E-state index is 8.71. The minimum absolute atomic E-state index is 0.0558. The van der Waals surface area contributed by atoms with Crippen molar-refractivity contribution < 1.29 is 9.62 Å². The summed E-state index contributed by atoms with van der Waals surface area (Å²) in [5.74, 6) is 0.0558. The Hall–Kier alpha value is -1.99. The molecule has 3 rings (SSSR count). The van der Waals surface area contributed by atoms with Crippen LogP contribution >= 0.6 is 27.7 Å². The second-order valence-corrected chi connectivity index (χ2v) is 6.06. The molecule has 3 aromatic rings. The number of halogens is 1. The molecule has 5 nitrogen and oxygen atoms in total. The van der Waals surface area contributed by atoms with E-state index in [0.717, 1.165) is 20.5 Å². The molecule has 0 spiro atoms. The number of hydrogen-bond acceptors (Lipinski definition) is 5. The van der Waals surface area contributed by atoms with Gasteiger partial charge in [0, 0.05) is 14.9 Å². The molecule has 0 amide bonds. The van der Waals surface area contributed by atoms with Crippen molar-refractivity contribution in [2.75, 3.05) is 0 Å². The molecule has 3 N–H and O–H groups in total. The lowest BCUT2D eigenvalue weighted by Crippen LogP contribution is -2.13. The summed E-state index contributed by atoms with van der Waals surface area (Å²) in [6.45, 7) is 0. The molecule has 0 aliphatic carbocycles. The Morgan fingerprint density at radius 3 is 2.81 bits per heavy atom. The number of oxazole rings is 1. The minimum atomic E-state index is 0.0558. The summed E-state index contributed by atoms with van der Waals surface area (Å²) >= 11 is 4.80.